The van der Waals surface area contributed by atoms with Crippen LogP contribution in [0.25, 0.3) is 11.1 Å². The lowest BCUT2D eigenvalue weighted by Crippen LogP contribution is -2.05. The zero-order chi connectivity index (χ0) is 13.3. The molecule has 0 unspecified atom stereocenters. The van der Waals surface area contributed by atoms with Crippen molar-refractivity contribution < 1.29 is 17.6 Å². The van der Waals surface area contributed by atoms with E-state index in [1.165, 1.54) is 31.2 Å². The molecule has 4 heteroatoms. The van der Waals surface area contributed by atoms with Crippen LogP contribution >= 0.6 is 0 Å². The summed E-state index contributed by atoms with van der Waals surface area (Å²) in [6.07, 6.45) is -0.111. The van der Waals surface area contributed by atoms with E-state index in [1.54, 1.807) is 6.07 Å². The zero-order valence-corrected chi connectivity index (χ0v) is 9.61. The predicted octanol–water partition coefficient (Wildman–Crippen LogP) is 4.47. The quantitative estimate of drug-likeness (QED) is 0.547. The van der Waals surface area contributed by atoms with Gasteiger partial charge in [0.2, 0.25) is 0 Å². The first-order valence-corrected chi connectivity index (χ1v) is 5.48. The molecule has 0 heterocycles. The SMILES string of the molecule is CCc1c(F)c(F)c(-c2ccccc2)c(F)c1F. The van der Waals surface area contributed by atoms with Crippen LogP contribution in [-0.4, -0.2) is 0 Å². The first kappa shape index (κ1) is 12.6. The number of halogens is 4. The van der Waals surface area contributed by atoms with E-state index >= 15 is 0 Å². The van der Waals surface area contributed by atoms with Gasteiger partial charge in [0.05, 0.1) is 5.56 Å². The molecule has 0 saturated carbocycles. The van der Waals surface area contributed by atoms with E-state index in [-0.39, 0.29) is 12.0 Å². The van der Waals surface area contributed by atoms with Crippen LogP contribution in [0.3, 0.4) is 0 Å². The van der Waals surface area contributed by atoms with Crippen molar-refractivity contribution in [1.29, 1.82) is 0 Å². The largest absolute Gasteiger partial charge is 0.203 e. The molecule has 94 valence electrons. The lowest BCUT2D eigenvalue weighted by molar-refractivity contribution is 0.444. The summed E-state index contributed by atoms with van der Waals surface area (Å²) in [5.41, 5.74) is -1.12. The molecule has 0 radical (unpaired) electrons. The van der Waals surface area contributed by atoms with E-state index in [1.807, 2.05) is 0 Å². The van der Waals surface area contributed by atoms with Crippen molar-refractivity contribution in [3.8, 4) is 11.1 Å². The third-order valence-electron chi connectivity index (χ3n) is 2.77. The minimum Gasteiger partial charge on any atom is -0.203 e. The fourth-order valence-electron chi connectivity index (χ4n) is 1.85. The average Bonchev–Trinajstić information content (AvgIpc) is 2.39. The van der Waals surface area contributed by atoms with E-state index in [0.717, 1.165) is 0 Å². The number of rotatable bonds is 2. The van der Waals surface area contributed by atoms with Gasteiger partial charge in [-0.05, 0) is 12.0 Å². The summed E-state index contributed by atoms with van der Waals surface area (Å²) in [4.78, 5) is 0. The normalized spacial score (nSPS) is 10.7. The van der Waals surface area contributed by atoms with Gasteiger partial charge in [-0.25, -0.2) is 17.6 Å². The summed E-state index contributed by atoms with van der Waals surface area (Å²) in [6, 6.07) is 7.51. The van der Waals surface area contributed by atoms with Crippen LogP contribution in [0, 0.1) is 23.3 Å². The van der Waals surface area contributed by atoms with Crippen LogP contribution < -0.4 is 0 Å². The lowest BCUT2D eigenvalue weighted by atomic mass is 10.00. The molecule has 18 heavy (non-hydrogen) atoms. The highest BCUT2D eigenvalue weighted by atomic mass is 19.2. The van der Waals surface area contributed by atoms with Gasteiger partial charge in [-0.3, -0.25) is 0 Å². The molecule has 0 aliphatic heterocycles. The predicted molar refractivity (Wildman–Crippen MR) is 61.1 cm³/mol. The van der Waals surface area contributed by atoms with Crippen molar-refractivity contribution in [3.05, 3.63) is 59.2 Å². The smallest absolute Gasteiger partial charge is 0.170 e. The molecule has 0 bridgehead atoms. The van der Waals surface area contributed by atoms with Gasteiger partial charge >= 0.3 is 0 Å². The van der Waals surface area contributed by atoms with Gasteiger partial charge < -0.3 is 0 Å². The Kier molecular flexibility index (Phi) is 3.36. The van der Waals surface area contributed by atoms with Crippen molar-refractivity contribution in [3.63, 3.8) is 0 Å². The molecule has 0 aromatic heterocycles. The van der Waals surface area contributed by atoms with E-state index in [2.05, 4.69) is 0 Å². The minimum atomic E-state index is -1.35. The number of hydrogen-bond donors (Lipinski definition) is 0. The van der Waals surface area contributed by atoms with Gasteiger partial charge in [0.25, 0.3) is 0 Å². The fraction of sp³-hybridized carbons (Fsp3) is 0.143. The molecule has 0 amide bonds. The Morgan fingerprint density at radius 3 is 1.72 bits per heavy atom. The van der Waals surface area contributed by atoms with Gasteiger partial charge in [0, 0.05) is 5.56 Å². The van der Waals surface area contributed by atoms with Crippen molar-refractivity contribution in [2.24, 2.45) is 0 Å². The van der Waals surface area contributed by atoms with Gasteiger partial charge in [-0.15, -0.1) is 0 Å². The average molecular weight is 254 g/mol. The zero-order valence-electron chi connectivity index (χ0n) is 9.61. The first-order chi connectivity index (χ1) is 8.57. The van der Waals surface area contributed by atoms with Gasteiger partial charge in [0.15, 0.2) is 23.3 Å². The van der Waals surface area contributed by atoms with Crippen LogP contribution in [0.5, 0.6) is 0 Å². The van der Waals surface area contributed by atoms with Crippen LogP contribution in [0.2, 0.25) is 0 Å². The molecule has 0 atom stereocenters. The minimum absolute atomic E-state index is 0.105. The summed E-state index contributed by atoms with van der Waals surface area (Å²) < 4.78 is 54.8. The fourth-order valence-corrected chi connectivity index (χ4v) is 1.85. The summed E-state index contributed by atoms with van der Waals surface area (Å²) in [6.45, 7) is 1.43. The van der Waals surface area contributed by atoms with Gasteiger partial charge in [-0.1, -0.05) is 37.3 Å². The van der Waals surface area contributed by atoms with E-state index in [4.69, 9.17) is 0 Å². The van der Waals surface area contributed by atoms with Crippen molar-refractivity contribution in [2.45, 2.75) is 13.3 Å². The summed E-state index contributed by atoms with van der Waals surface area (Å²) >= 11 is 0. The third kappa shape index (κ3) is 1.88. The van der Waals surface area contributed by atoms with Crippen molar-refractivity contribution >= 4 is 0 Å². The Balaban J connectivity index is 2.78. The maximum Gasteiger partial charge on any atom is 0.170 e. The van der Waals surface area contributed by atoms with Crippen LogP contribution in [0.1, 0.15) is 12.5 Å². The maximum atomic E-state index is 13.8. The number of benzene rings is 2. The molecule has 0 spiro atoms. The second-order valence-corrected chi connectivity index (χ2v) is 3.83. The Bertz CT molecular complexity index is 547. The Morgan fingerprint density at radius 2 is 1.28 bits per heavy atom. The topological polar surface area (TPSA) is 0 Å². The molecule has 0 N–H and O–H groups in total. The van der Waals surface area contributed by atoms with E-state index in [0.29, 0.717) is 0 Å². The van der Waals surface area contributed by atoms with E-state index < -0.39 is 34.4 Å². The second-order valence-electron chi connectivity index (χ2n) is 3.83. The van der Waals surface area contributed by atoms with E-state index in [9.17, 15) is 17.6 Å². The number of hydrogen-bond acceptors (Lipinski definition) is 0. The molecule has 0 saturated heterocycles. The van der Waals surface area contributed by atoms with Crippen molar-refractivity contribution in [2.75, 3.05) is 0 Å². The molecule has 0 aliphatic carbocycles. The third-order valence-corrected chi connectivity index (χ3v) is 2.77. The summed E-state index contributed by atoms with van der Waals surface area (Å²) in [7, 11) is 0. The second kappa shape index (κ2) is 4.80. The molecule has 0 aliphatic rings. The molecule has 0 fully saturated rings. The molecule has 0 nitrogen and oxygen atoms in total. The molecular weight excluding hydrogens is 244 g/mol. The summed E-state index contributed by atoms with van der Waals surface area (Å²) in [5.74, 6) is -5.35. The van der Waals surface area contributed by atoms with Crippen LogP contribution in [0.4, 0.5) is 17.6 Å². The Labute approximate surface area is 102 Å². The molecule has 2 aromatic rings. The van der Waals surface area contributed by atoms with Gasteiger partial charge in [0.1, 0.15) is 0 Å². The first-order valence-electron chi connectivity index (χ1n) is 5.48. The van der Waals surface area contributed by atoms with Gasteiger partial charge in [-0.2, -0.15) is 0 Å². The lowest BCUT2D eigenvalue weighted by Gasteiger charge is -2.11. The van der Waals surface area contributed by atoms with Crippen molar-refractivity contribution in [1.82, 2.24) is 0 Å². The summed E-state index contributed by atoms with van der Waals surface area (Å²) in [5, 5.41) is 0. The highest BCUT2D eigenvalue weighted by molar-refractivity contribution is 5.65. The van der Waals surface area contributed by atoms with Crippen LogP contribution in [-0.2, 0) is 6.42 Å². The van der Waals surface area contributed by atoms with Crippen LogP contribution in [0.15, 0.2) is 30.3 Å². The Hall–Kier alpha value is -1.84. The molecule has 2 rings (SSSR count). The molecule has 2 aromatic carbocycles. The highest BCUT2D eigenvalue weighted by Gasteiger charge is 2.24. The monoisotopic (exact) mass is 254 g/mol. The highest BCUT2D eigenvalue weighted by Crippen LogP contribution is 2.32. The maximum absolute atomic E-state index is 13.8. The Morgan fingerprint density at radius 1 is 0.778 bits per heavy atom. The molecular formula is C14H10F4. The standard InChI is InChI=1S/C14H10F4/c1-2-9-11(15)13(17)10(14(18)12(9)16)8-6-4-3-5-7-8/h3-7H,2H2,1H3.